The van der Waals surface area contributed by atoms with Crippen molar-refractivity contribution in [3.8, 4) is 17.6 Å². The highest BCUT2D eigenvalue weighted by molar-refractivity contribution is 5.57. The van der Waals surface area contributed by atoms with Crippen LogP contribution < -0.4 is 14.8 Å². The summed E-state index contributed by atoms with van der Waals surface area (Å²) >= 11 is 0. The maximum Gasteiger partial charge on any atom is 0.124 e. The first kappa shape index (κ1) is 13.8. The Bertz CT molecular complexity index is 633. The highest BCUT2D eigenvalue weighted by Crippen LogP contribution is 2.25. The second-order valence-electron chi connectivity index (χ2n) is 4.19. The largest absolute Gasteiger partial charge is 0.497 e. The summed E-state index contributed by atoms with van der Waals surface area (Å²) in [6.45, 7) is 0.555. The molecule has 4 heteroatoms. The summed E-state index contributed by atoms with van der Waals surface area (Å²) in [5, 5.41) is 12.3. The molecule has 0 amide bonds. The molecule has 4 nitrogen and oxygen atoms in total. The minimum absolute atomic E-state index is 0.555. The SMILES string of the molecule is COc1ccc(OC)c(CNc2ccccc2C#N)c1. The Hall–Kier alpha value is -2.67. The molecule has 20 heavy (non-hydrogen) atoms. The molecule has 0 fully saturated rings. The van der Waals surface area contributed by atoms with Crippen LogP contribution in [0.5, 0.6) is 11.5 Å². The lowest BCUT2D eigenvalue weighted by molar-refractivity contribution is 0.399. The first-order valence-electron chi connectivity index (χ1n) is 6.22. The fourth-order valence-corrected chi connectivity index (χ4v) is 1.95. The van der Waals surface area contributed by atoms with Crippen molar-refractivity contribution < 1.29 is 9.47 Å². The Balaban J connectivity index is 2.20. The molecule has 2 aromatic rings. The molecule has 102 valence electrons. The second-order valence-corrected chi connectivity index (χ2v) is 4.19. The molecule has 0 saturated carbocycles. The van der Waals surface area contributed by atoms with Crippen molar-refractivity contribution in [2.24, 2.45) is 0 Å². The summed E-state index contributed by atoms with van der Waals surface area (Å²) in [5.74, 6) is 1.56. The van der Waals surface area contributed by atoms with Crippen molar-refractivity contribution in [1.29, 1.82) is 5.26 Å². The van der Waals surface area contributed by atoms with Crippen LogP contribution in [-0.4, -0.2) is 14.2 Å². The molecular weight excluding hydrogens is 252 g/mol. The van der Waals surface area contributed by atoms with Gasteiger partial charge in [0.15, 0.2) is 0 Å². The maximum absolute atomic E-state index is 9.06. The number of benzene rings is 2. The van der Waals surface area contributed by atoms with Gasteiger partial charge >= 0.3 is 0 Å². The predicted molar refractivity (Wildman–Crippen MR) is 78.0 cm³/mol. The normalized spacial score (nSPS) is 9.65. The molecule has 1 N–H and O–H groups in total. The van der Waals surface area contributed by atoms with Crippen LogP contribution in [-0.2, 0) is 6.54 Å². The number of rotatable bonds is 5. The smallest absolute Gasteiger partial charge is 0.124 e. The second kappa shape index (κ2) is 6.48. The van der Waals surface area contributed by atoms with Gasteiger partial charge in [-0.3, -0.25) is 0 Å². The van der Waals surface area contributed by atoms with Gasteiger partial charge in [-0.2, -0.15) is 5.26 Å². The Morgan fingerprint density at radius 3 is 2.60 bits per heavy atom. The van der Waals surface area contributed by atoms with E-state index in [1.165, 1.54) is 0 Å². The number of hydrogen-bond acceptors (Lipinski definition) is 4. The van der Waals surface area contributed by atoms with E-state index in [1.54, 1.807) is 20.3 Å². The van der Waals surface area contributed by atoms with Gasteiger partial charge in [0, 0.05) is 12.1 Å². The molecule has 0 heterocycles. The van der Waals surface area contributed by atoms with Gasteiger partial charge in [-0.25, -0.2) is 0 Å². The topological polar surface area (TPSA) is 54.3 Å². The van der Waals surface area contributed by atoms with Gasteiger partial charge < -0.3 is 14.8 Å². The molecule has 0 aromatic heterocycles. The van der Waals surface area contributed by atoms with Crippen LogP contribution in [0.1, 0.15) is 11.1 Å². The molecule has 2 aromatic carbocycles. The first-order valence-corrected chi connectivity index (χ1v) is 6.22. The number of nitrogens with one attached hydrogen (secondary N) is 1. The third-order valence-electron chi connectivity index (χ3n) is 3.00. The van der Waals surface area contributed by atoms with Crippen molar-refractivity contribution in [2.75, 3.05) is 19.5 Å². The van der Waals surface area contributed by atoms with E-state index in [4.69, 9.17) is 14.7 Å². The van der Waals surface area contributed by atoms with Gasteiger partial charge in [-0.1, -0.05) is 12.1 Å². The number of para-hydroxylation sites is 1. The molecule has 0 unspecified atom stereocenters. The fraction of sp³-hybridized carbons (Fsp3) is 0.188. The van der Waals surface area contributed by atoms with Gasteiger partial charge in [-0.15, -0.1) is 0 Å². The Morgan fingerprint density at radius 2 is 1.90 bits per heavy atom. The van der Waals surface area contributed by atoms with E-state index in [9.17, 15) is 0 Å². The van der Waals surface area contributed by atoms with E-state index in [2.05, 4.69) is 11.4 Å². The number of methoxy groups -OCH3 is 2. The van der Waals surface area contributed by atoms with E-state index in [1.807, 2.05) is 36.4 Å². The highest BCUT2D eigenvalue weighted by Gasteiger charge is 2.06. The van der Waals surface area contributed by atoms with Crippen LogP contribution in [0.25, 0.3) is 0 Å². The van der Waals surface area contributed by atoms with E-state index in [-0.39, 0.29) is 0 Å². The number of nitrogens with zero attached hydrogens (tertiary/aromatic N) is 1. The first-order chi connectivity index (χ1) is 9.78. The van der Waals surface area contributed by atoms with Crippen LogP contribution in [0.15, 0.2) is 42.5 Å². The van der Waals surface area contributed by atoms with Gasteiger partial charge in [0.05, 0.1) is 25.5 Å². The number of anilines is 1. The fourth-order valence-electron chi connectivity index (χ4n) is 1.95. The van der Waals surface area contributed by atoms with Crippen molar-refractivity contribution in [3.05, 3.63) is 53.6 Å². The average molecular weight is 268 g/mol. The lowest BCUT2D eigenvalue weighted by Gasteiger charge is -2.12. The number of ether oxygens (including phenoxy) is 2. The third-order valence-corrected chi connectivity index (χ3v) is 3.00. The molecular formula is C16H16N2O2. The zero-order valence-corrected chi connectivity index (χ0v) is 11.5. The van der Waals surface area contributed by atoms with Crippen LogP contribution in [0, 0.1) is 11.3 Å². The molecule has 2 rings (SSSR count). The van der Waals surface area contributed by atoms with Gasteiger partial charge in [0.2, 0.25) is 0 Å². The minimum Gasteiger partial charge on any atom is -0.497 e. The maximum atomic E-state index is 9.06. The predicted octanol–water partition coefficient (Wildman–Crippen LogP) is 3.19. The molecule has 0 saturated heterocycles. The molecule has 0 aliphatic carbocycles. The zero-order valence-electron chi connectivity index (χ0n) is 11.5. The standard InChI is InChI=1S/C16H16N2O2/c1-19-14-7-8-16(20-2)13(9-14)11-18-15-6-4-3-5-12(15)10-17/h3-9,18H,11H2,1-2H3. The van der Waals surface area contributed by atoms with Crippen LogP contribution in [0.4, 0.5) is 5.69 Å². The van der Waals surface area contributed by atoms with Gasteiger partial charge in [-0.05, 0) is 30.3 Å². The van der Waals surface area contributed by atoms with Crippen molar-refractivity contribution in [3.63, 3.8) is 0 Å². The van der Waals surface area contributed by atoms with Crippen LogP contribution >= 0.6 is 0 Å². The average Bonchev–Trinajstić information content (AvgIpc) is 2.52. The summed E-state index contributed by atoms with van der Waals surface area (Å²) in [6.07, 6.45) is 0. The third kappa shape index (κ3) is 3.01. The number of nitriles is 1. The summed E-state index contributed by atoms with van der Waals surface area (Å²) in [6, 6.07) is 15.2. The molecule has 0 radical (unpaired) electrons. The zero-order chi connectivity index (χ0) is 14.4. The van der Waals surface area contributed by atoms with Crippen LogP contribution in [0.2, 0.25) is 0 Å². The summed E-state index contributed by atoms with van der Waals surface area (Å²) < 4.78 is 10.5. The molecule has 0 bridgehead atoms. The van der Waals surface area contributed by atoms with Crippen molar-refractivity contribution in [2.45, 2.75) is 6.54 Å². The lowest BCUT2D eigenvalue weighted by Crippen LogP contribution is -2.03. The molecule has 0 spiro atoms. The minimum atomic E-state index is 0.555. The Morgan fingerprint density at radius 1 is 1.10 bits per heavy atom. The molecule has 0 aliphatic rings. The quantitative estimate of drug-likeness (QED) is 0.904. The van der Waals surface area contributed by atoms with Crippen molar-refractivity contribution >= 4 is 5.69 Å². The highest BCUT2D eigenvalue weighted by atomic mass is 16.5. The molecule has 0 aliphatic heterocycles. The summed E-state index contributed by atoms with van der Waals surface area (Å²) in [4.78, 5) is 0. The number of hydrogen-bond donors (Lipinski definition) is 1. The van der Waals surface area contributed by atoms with E-state index in [0.717, 1.165) is 22.7 Å². The summed E-state index contributed by atoms with van der Waals surface area (Å²) in [5.41, 5.74) is 2.40. The van der Waals surface area contributed by atoms with E-state index in [0.29, 0.717) is 12.1 Å². The van der Waals surface area contributed by atoms with Gasteiger partial charge in [0.1, 0.15) is 17.6 Å². The Labute approximate surface area is 118 Å². The van der Waals surface area contributed by atoms with Gasteiger partial charge in [0.25, 0.3) is 0 Å². The molecule has 0 atom stereocenters. The van der Waals surface area contributed by atoms with E-state index >= 15 is 0 Å². The Kier molecular flexibility index (Phi) is 4.46. The van der Waals surface area contributed by atoms with E-state index < -0.39 is 0 Å². The van der Waals surface area contributed by atoms with Crippen LogP contribution in [0.3, 0.4) is 0 Å². The summed E-state index contributed by atoms with van der Waals surface area (Å²) in [7, 11) is 3.26. The van der Waals surface area contributed by atoms with Crippen molar-refractivity contribution in [1.82, 2.24) is 0 Å². The monoisotopic (exact) mass is 268 g/mol. The lowest BCUT2D eigenvalue weighted by atomic mass is 10.1.